The molecule has 2 amide bonds. The number of para-hydroxylation sites is 1. The molecule has 0 saturated carbocycles. The van der Waals surface area contributed by atoms with Crippen LogP contribution in [0, 0.1) is 12.8 Å². The zero-order valence-corrected chi connectivity index (χ0v) is 19.6. The van der Waals surface area contributed by atoms with Crippen LogP contribution in [0.5, 0.6) is 5.75 Å². The van der Waals surface area contributed by atoms with Crippen LogP contribution < -0.4 is 10.1 Å². The SMILES string of the molecule is Cc1cc(C(=O)Nc2cccc3c2O[C@@H](CN(C)C)[C@H](C)CN([C@@H](C)CO)C3=O)n(C)n1. The smallest absolute Gasteiger partial charge is 0.274 e. The number of fused-ring (bicyclic) bond motifs is 1. The number of anilines is 1. The van der Waals surface area contributed by atoms with Gasteiger partial charge >= 0.3 is 0 Å². The van der Waals surface area contributed by atoms with Crippen LogP contribution in [-0.4, -0.2) is 82.4 Å². The summed E-state index contributed by atoms with van der Waals surface area (Å²) in [6.07, 6.45) is -0.220. The molecule has 174 valence electrons. The first-order valence-corrected chi connectivity index (χ1v) is 10.8. The maximum atomic E-state index is 13.4. The van der Waals surface area contributed by atoms with Crippen molar-refractivity contribution < 1.29 is 19.4 Å². The zero-order valence-electron chi connectivity index (χ0n) is 19.6. The van der Waals surface area contributed by atoms with Gasteiger partial charge in [-0.25, -0.2) is 0 Å². The van der Waals surface area contributed by atoms with E-state index in [4.69, 9.17) is 4.74 Å². The number of aromatic nitrogens is 2. The van der Waals surface area contributed by atoms with Crippen molar-refractivity contribution >= 4 is 17.5 Å². The zero-order chi connectivity index (χ0) is 23.6. The Balaban J connectivity index is 2.05. The van der Waals surface area contributed by atoms with E-state index in [9.17, 15) is 14.7 Å². The quantitative estimate of drug-likeness (QED) is 0.706. The maximum absolute atomic E-state index is 13.4. The largest absolute Gasteiger partial charge is 0.486 e. The van der Waals surface area contributed by atoms with Crippen LogP contribution in [0.15, 0.2) is 24.3 Å². The molecular formula is C23H33N5O4. The van der Waals surface area contributed by atoms with Crippen LogP contribution in [0.3, 0.4) is 0 Å². The number of benzene rings is 1. The molecule has 0 aliphatic carbocycles. The maximum Gasteiger partial charge on any atom is 0.274 e. The molecule has 9 nitrogen and oxygen atoms in total. The third-order valence-electron chi connectivity index (χ3n) is 5.72. The van der Waals surface area contributed by atoms with Crippen molar-refractivity contribution in [3.8, 4) is 5.75 Å². The second kappa shape index (κ2) is 9.70. The van der Waals surface area contributed by atoms with Crippen molar-refractivity contribution in [3.63, 3.8) is 0 Å². The van der Waals surface area contributed by atoms with Crippen LogP contribution in [0.2, 0.25) is 0 Å². The Morgan fingerprint density at radius 3 is 2.72 bits per heavy atom. The molecule has 9 heteroatoms. The van der Waals surface area contributed by atoms with Gasteiger partial charge in [0.25, 0.3) is 11.8 Å². The second-order valence-electron chi connectivity index (χ2n) is 8.82. The van der Waals surface area contributed by atoms with Gasteiger partial charge < -0.3 is 25.0 Å². The minimum Gasteiger partial charge on any atom is -0.486 e. The van der Waals surface area contributed by atoms with Crippen molar-refractivity contribution in [2.45, 2.75) is 32.9 Å². The molecule has 1 aromatic carbocycles. The summed E-state index contributed by atoms with van der Waals surface area (Å²) in [4.78, 5) is 30.1. The number of ether oxygens (including phenoxy) is 1. The lowest BCUT2D eigenvalue weighted by Crippen LogP contribution is -2.49. The van der Waals surface area contributed by atoms with Crippen LogP contribution in [0.4, 0.5) is 5.69 Å². The second-order valence-corrected chi connectivity index (χ2v) is 8.82. The van der Waals surface area contributed by atoms with Gasteiger partial charge in [-0.05, 0) is 46.1 Å². The molecule has 0 radical (unpaired) electrons. The lowest BCUT2D eigenvalue weighted by atomic mass is 9.99. The van der Waals surface area contributed by atoms with Crippen molar-refractivity contribution in [2.75, 3.05) is 39.1 Å². The number of aliphatic hydroxyl groups is 1. The van der Waals surface area contributed by atoms with E-state index in [-0.39, 0.29) is 36.5 Å². The van der Waals surface area contributed by atoms with Gasteiger partial charge in [-0.1, -0.05) is 13.0 Å². The summed E-state index contributed by atoms with van der Waals surface area (Å²) in [5, 5.41) is 16.9. The monoisotopic (exact) mass is 443 g/mol. The number of aliphatic hydroxyl groups excluding tert-OH is 1. The predicted octanol–water partition coefficient (Wildman–Crippen LogP) is 1.76. The Morgan fingerprint density at radius 1 is 1.41 bits per heavy atom. The van der Waals surface area contributed by atoms with E-state index in [0.717, 1.165) is 5.69 Å². The summed E-state index contributed by atoms with van der Waals surface area (Å²) < 4.78 is 7.93. The molecule has 2 aromatic rings. The summed E-state index contributed by atoms with van der Waals surface area (Å²) in [6, 6.07) is 6.51. The molecule has 1 aliphatic heterocycles. The fourth-order valence-corrected chi connectivity index (χ4v) is 3.93. The molecule has 1 aliphatic rings. The van der Waals surface area contributed by atoms with Crippen molar-refractivity contribution in [3.05, 3.63) is 41.2 Å². The fraction of sp³-hybridized carbons (Fsp3) is 0.522. The summed E-state index contributed by atoms with van der Waals surface area (Å²) in [5.74, 6) is -0.216. The lowest BCUT2D eigenvalue weighted by molar-refractivity contribution is 0.0365. The molecule has 0 fully saturated rings. The third-order valence-corrected chi connectivity index (χ3v) is 5.72. The van der Waals surface area contributed by atoms with E-state index in [1.54, 1.807) is 36.2 Å². The van der Waals surface area contributed by atoms with Crippen LogP contribution in [0.25, 0.3) is 0 Å². The van der Waals surface area contributed by atoms with E-state index in [2.05, 4.69) is 10.4 Å². The average Bonchev–Trinajstić information content (AvgIpc) is 3.08. The van der Waals surface area contributed by atoms with Gasteiger partial charge in [0.05, 0.1) is 29.6 Å². The number of likely N-dealkylation sites (N-methyl/N-ethyl adjacent to an activating group) is 1. The van der Waals surface area contributed by atoms with Crippen LogP contribution in [-0.2, 0) is 7.05 Å². The number of amides is 2. The molecule has 2 N–H and O–H groups in total. The van der Waals surface area contributed by atoms with Gasteiger partial charge in [-0.2, -0.15) is 5.10 Å². The fourth-order valence-electron chi connectivity index (χ4n) is 3.93. The first-order chi connectivity index (χ1) is 15.1. The highest BCUT2D eigenvalue weighted by atomic mass is 16.5. The number of carbonyl (C=O) groups excluding carboxylic acids is 2. The molecule has 3 atom stereocenters. The molecule has 1 aromatic heterocycles. The molecule has 2 heterocycles. The predicted molar refractivity (Wildman–Crippen MR) is 122 cm³/mol. The number of aryl methyl sites for hydroxylation is 2. The summed E-state index contributed by atoms with van der Waals surface area (Å²) >= 11 is 0. The number of rotatable bonds is 6. The highest BCUT2D eigenvalue weighted by molar-refractivity contribution is 6.06. The number of hydrogen-bond acceptors (Lipinski definition) is 6. The first kappa shape index (κ1) is 23.7. The van der Waals surface area contributed by atoms with Gasteiger partial charge in [0.2, 0.25) is 0 Å². The summed E-state index contributed by atoms with van der Waals surface area (Å²) in [6.45, 7) is 6.64. The number of nitrogens with zero attached hydrogens (tertiary/aromatic N) is 4. The van der Waals surface area contributed by atoms with E-state index >= 15 is 0 Å². The summed E-state index contributed by atoms with van der Waals surface area (Å²) in [7, 11) is 5.64. The molecule has 0 saturated heterocycles. The normalized spacial score (nSPS) is 19.8. The Bertz CT molecular complexity index is 987. The average molecular weight is 444 g/mol. The standard InChI is InChI=1S/C23H33N5O4/c1-14-11-28(16(3)13-29)23(31)17-8-7-9-18(21(17)32-20(14)12-26(4)5)24-22(30)19-10-15(2)25-27(19)6/h7-10,14,16,20,29H,11-13H2,1-6H3,(H,24,30)/t14-,16+,20+/m1/s1. The van der Waals surface area contributed by atoms with Gasteiger partial charge in [0, 0.05) is 26.1 Å². The van der Waals surface area contributed by atoms with Gasteiger partial charge in [-0.15, -0.1) is 0 Å². The molecule has 3 rings (SSSR count). The van der Waals surface area contributed by atoms with Gasteiger partial charge in [0.15, 0.2) is 5.75 Å². The molecule has 0 spiro atoms. The third kappa shape index (κ3) is 4.94. The number of nitrogens with one attached hydrogen (secondary N) is 1. The van der Waals surface area contributed by atoms with Crippen molar-refractivity contribution in [2.24, 2.45) is 13.0 Å². The Kier molecular flexibility index (Phi) is 7.20. The molecule has 0 unspecified atom stereocenters. The van der Waals surface area contributed by atoms with E-state index < -0.39 is 0 Å². The van der Waals surface area contributed by atoms with E-state index in [1.165, 1.54) is 4.68 Å². The molecule has 32 heavy (non-hydrogen) atoms. The van der Waals surface area contributed by atoms with Crippen molar-refractivity contribution in [1.82, 2.24) is 19.6 Å². The van der Waals surface area contributed by atoms with Crippen LogP contribution in [0.1, 0.15) is 40.4 Å². The van der Waals surface area contributed by atoms with E-state index in [0.29, 0.717) is 35.8 Å². The summed E-state index contributed by atoms with van der Waals surface area (Å²) in [5.41, 5.74) is 1.93. The van der Waals surface area contributed by atoms with Gasteiger partial charge in [0.1, 0.15) is 11.8 Å². The van der Waals surface area contributed by atoms with Gasteiger partial charge in [-0.3, -0.25) is 14.3 Å². The topological polar surface area (TPSA) is 99.9 Å². The minimum atomic E-state index is -0.341. The minimum absolute atomic E-state index is 0.00646. The first-order valence-electron chi connectivity index (χ1n) is 10.8. The van der Waals surface area contributed by atoms with Crippen molar-refractivity contribution in [1.29, 1.82) is 0 Å². The molecular weight excluding hydrogens is 410 g/mol. The highest BCUT2D eigenvalue weighted by Gasteiger charge is 2.34. The number of carbonyl (C=O) groups is 2. The Morgan fingerprint density at radius 2 is 2.12 bits per heavy atom. The molecule has 0 bridgehead atoms. The lowest BCUT2D eigenvalue weighted by Gasteiger charge is -2.38. The van der Waals surface area contributed by atoms with Crippen LogP contribution >= 0.6 is 0 Å². The Hall–Kier alpha value is -2.91. The number of hydrogen-bond donors (Lipinski definition) is 2. The Labute approximate surface area is 188 Å². The van der Waals surface area contributed by atoms with E-state index in [1.807, 2.05) is 39.8 Å². The highest BCUT2D eigenvalue weighted by Crippen LogP contribution is 2.35.